The number of carbonyl (C=O) groups is 1. The zero-order chi connectivity index (χ0) is 17.8. The summed E-state index contributed by atoms with van der Waals surface area (Å²) in [6.45, 7) is 6.09. The van der Waals surface area contributed by atoms with Crippen LogP contribution in [0.5, 0.6) is 0 Å². The van der Waals surface area contributed by atoms with Crippen LogP contribution in [-0.4, -0.2) is 11.1 Å². The highest BCUT2D eigenvalue weighted by atomic mass is 32.2. The van der Waals surface area contributed by atoms with Gasteiger partial charge in [0.05, 0.1) is 10.6 Å². The number of amidine groups is 1. The monoisotopic (exact) mass is 348 g/mol. The van der Waals surface area contributed by atoms with Gasteiger partial charge in [-0.25, -0.2) is 4.99 Å². The Labute approximate surface area is 152 Å². The lowest BCUT2D eigenvalue weighted by Crippen LogP contribution is -2.19. The number of aryl methyl sites for hydroxylation is 1. The Bertz CT molecular complexity index is 895. The quantitative estimate of drug-likeness (QED) is 0.780. The molecule has 1 fully saturated rings. The fourth-order valence-electron chi connectivity index (χ4n) is 2.51. The lowest BCUT2D eigenvalue weighted by Gasteiger charge is -2.04. The van der Waals surface area contributed by atoms with Crippen molar-refractivity contribution in [1.29, 1.82) is 0 Å². The van der Waals surface area contributed by atoms with Crippen LogP contribution in [0.25, 0.3) is 6.08 Å². The van der Waals surface area contributed by atoms with Crippen LogP contribution in [0.1, 0.15) is 23.6 Å². The first-order valence-corrected chi connectivity index (χ1v) is 8.94. The van der Waals surface area contributed by atoms with Gasteiger partial charge in [0, 0.05) is 0 Å². The second kappa shape index (κ2) is 7.53. The largest absolute Gasteiger partial charge is 0.300 e. The van der Waals surface area contributed by atoms with E-state index in [4.69, 9.17) is 0 Å². The predicted octanol–water partition coefficient (Wildman–Crippen LogP) is 5.14. The van der Waals surface area contributed by atoms with Crippen molar-refractivity contribution in [2.24, 2.45) is 4.99 Å². The Morgan fingerprint density at radius 1 is 1.08 bits per heavy atom. The number of hydrogen-bond acceptors (Lipinski definition) is 3. The Morgan fingerprint density at radius 3 is 2.60 bits per heavy atom. The number of aliphatic imine (C=N–C) groups is 1. The number of allylic oxidation sites excluding steroid dienone is 2. The second-order valence-corrected chi connectivity index (χ2v) is 7.03. The van der Waals surface area contributed by atoms with Gasteiger partial charge in [-0.3, -0.25) is 4.79 Å². The van der Waals surface area contributed by atoms with Crippen LogP contribution in [0, 0.1) is 13.8 Å². The zero-order valence-electron chi connectivity index (χ0n) is 14.5. The van der Waals surface area contributed by atoms with E-state index in [9.17, 15) is 4.79 Å². The molecular formula is C21H20N2OS. The van der Waals surface area contributed by atoms with Crippen LogP contribution < -0.4 is 5.32 Å². The number of amides is 1. The molecule has 1 aliphatic rings. The van der Waals surface area contributed by atoms with Crippen molar-refractivity contribution >= 4 is 34.6 Å². The van der Waals surface area contributed by atoms with Crippen LogP contribution in [-0.2, 0) is 4.79 Å². The molecule has 4 heteroatoms. The molecule has 0 atom stereocenters. The maximum atomic E-state index is 12.2. The molecule has 3 rings (SSSR count). The molecule has 0 aromatic heterocycles. The van der Waals surface area contributed by atoms with Crippen molar-refractivity contribution in [1.82, 2.24) is 5.32 Å². The molecule has 0 unspecified atom stereocenters. The van der Waals surface area contributed by atoms with E-state index in [1.807, 2.05) is 62.4 Å². The Morgan fingerprint density at radius 2 is 1.84 bits per heavy atom. The number of rotatable bonds is 3. The fourth-order valence-corrected chi connectivity index (χ4v) is 3.39. The van der Waals surface area contributed by atoms with Crippen molar-refractivity contribution in [3.05, 3.63) is 81.8 Å². The van der Waals surface area contributed by atoms with Crippen molar-refractivity contribution in [3.63, 3.8) is 0 Å². The van der Waals surface area contributed by atoms with Crippen LogP contribution in [0.4, 0.5) is 5.69 Å². The zero-order valence-corrected chi connectivity index (χ0v) is 15.4. The minimum Gasteiger partial charge on any atom is -0.300 e. The van der Waals surface area contributed by atoms with Gasteiger partial charge in [-0.05, 0) is 66.9 Å². The number of benzene rings is 2. The third-order valence-electron chi connectivity index (χ3n) is 4.00. The van der Waals surface area contributed by atoms with Gasteiger partial charge in [0.25, 0.3) is 5.91 Å². The molecule has 1 N–H and O–H groups in total. The normalized spacial score (nSPS) is 18.0. The summed E-state index contributed by atoms with van der Waals surface area (Å²) >= 11 is 1.38. The Balaban J connectivity index is 1.81. The van der Waals surface area contributed by atoms with Crippen LogP contribution in [0.3, 0.4) is 0 Å². The Hall–Kier alpha value is -2.59. The molecule has 1 saturated heterocycles. The highest BCUT2D eigenvalue weighted by Gasteiger charge is 2.23. The number of thioether (sulfide) groups is 1. The van der Waals surface area contributed by atoms with E-state index in [0.29, 0.717) is 10.1 Å². The van der Waals surface area contributed by atoms with E-state index in [1.54, 1.807) is 0 Å². The van der Waals surface area contributed by atoms with E-state index in [0.717, 1.165) is 22.4 Å². The summed E-state index contributed by atoms with van der Waals surface area (Å²) in [5.74, 6) is -0.102. The van der Waals surface area contributed by atoms with Crippen LogP contribution in [0.2, 0.25) is 0 Å². The summed E-state index contributed by atoms with van der Waals surface area (Å²) < 4.78 is 0. The molecule has 25 heavy (non-hydrogen) atoms. The van der Waals surface area contributed by atoms with Gasteiger partial charge in [0.1, 0.15) is 0 Å². The van der Waals surface area contributed by atoms with Gasteiger partial charge < -0.3 is 5.32 Å². The van der Waals surface area contributed by atoms with Gasteiger partial charge in [0.15, 0.2) is 5.17 Å². The summed E-state index contributed by atoms with van der Waals surface area (Å²) in [5.41, 5.74) is 5.35. The lowest BCUT2D eigenvalue weighted by atomic mass is 10.1. The standard InChI is InChI=1S/C21H20N2OS/c1-14(12-17-9-5-4-6-10-17)13-19-20(24)23-21(25-19)22-18-11-7-8-15(2)16(18)3/h4-13H,1-3H3,(H,22,23,24). The van der Waals surface area contributed by atoms with Gasteiger partial charge in [-0.15, -0.1) is 0 Å². The molecule has 0 radical (unpaired) electrons. The fraction of sp³-hybridized carbons (Fsp3) is 0.143. The molecule has 0 bridgehead atoms. The summed E-state index contributed by atoms with van der Waals surface area (Å²) in [6, 6.07) is 16.1. The second-order valence-electron chi connectivity index (χ2n) is 6.00. The number of nitrogens with one attached hydrogen (secondary N) is 1. The Kier molecular flexibility index (Phi) is 5.19. The van der Waals surface area contributed by atoms with E-state index in [1.165, 1.54) is 17.3 Å². The number of carbonyl (C=O) groups excluding carboxylic acids is 1. The first-order valence-electron chi connectivity index (χ1n) is 8.12. The lowest BCUT2D eigenvalue weighted by molar-refractivity contribution is -0.115. The average molecular weight is 348 g/mol. The molecule has 126 valence electrons. The van der Waals surface area contributed by atoms with E-state index in [2.05, 4.69) is 29.4 Å². The molecule has 1 heterocycles. The molecule has 2 aromatic rings. The van der Waals surface area contributed by atoms with Gasteiger partial charge in [-0.2, -0.15) is 0 Å². The van der Waals surface area contributed by atoms with Crippen LogP contribution in [0.15, 0.2) is 70.1 Å². The molecule has 2 aromatic carbocycles. The van der Waals surface area contributed by atoms with E-state index >= 15 is 0 Å². The molecular weight excluding hydrogens is 328 g/mol. The third-order valence-corrected chi connectivity index (χ3v) is 4.91. The van der Waals surface area contributed by atoms with Crippen molar-refractivity contribution < 1.29 is 4.79 Å². The minimum absolute atomic E-state index is 0.102. The summed E-state index contributed by atoms with van der Waals surface area (Å²) in [4.78, 5) is 17.5. The minimum atomic E-state index is -0.102. The average Bonchev–Trinajstić information content (AvgIpc) is 2.92. The maximum absolute atomic E-state index is 12.2. The van der Waals surface area contributed by atoms with E-state index in [-0.39, 0.29) is 5.91 Å². The van der Waals surface area contributed by atoms with Gasteiger partial charge in [-0.1, -0.05) is 48.5 Å². The molecule has 0 saturated carbocycles. The highest BCUT2D eigenvalue weighted by molar-refractivity contribution is 8.18. The van der Waals surface area contributed by atoms with Crippen molar-refractivity contribution in [2.45, 2.75) is 20.8 Å². The van der Waals surface area contributed by atoms with Crippen molar-refractivity contribution in [2.75, 3.05) is 0 Å². The SMILES string of the molecule is CC(=Cc1ccccc1)C=C1SC(=Nc2cccc(C)c2C)NC1=O. The molecule has 3 nitrogen and oxygen atoms in total. The first kappa shape index (κ1) is 17.2. The smallest absolute Gasteiger partial charge is 0.264 e. The van der Waals surface area contributed by atoms with E-state index < -0.39 is 0 Å². The van der Waals surface area contributed by atoms with Crippen LogP contribution >= 0.6 is 11.8 Å². The van der Waals surface area contributed by atoms with Gasteiger partial charge in [0.2, 0.25) is 0 Å². The summed E-state index contributed by atoms with van der Waals surface area (Å²) in [7, 11) is 0. The summed E-state index contributed by atoms with van der Waals surface area (Å²) in [5, 5.41) is 3.47. The highest BCUT2D eigenvalue weighted by Crippen LogP contribution is 2.29. The predicted molar refractivity (Wildman–Crippen MR) is 107 cm³/mol. The van der Waals surface area contributed by atoms with Gasteiger partial charge >= 0.3 is 0 Å². The molecule has 1 amide bonds. The molecule has 0 spiro atoms. The number of nitrogens with zero attached hydrogens (tertiary/aromatic N) is 1. The van der Waals surface area contributed by atoms with Crippen molar-refractivity contribution in [3.8, 4) is 0 Å². The molecule has 0 aliphatic carbocycles. The third kappa shape index (κ3) is 4.28. The summed E-state index contributed by atoms with van der Waals surface area (Å²) in [6.07, 6.45) is 3.96. The molecule has 1 aliphatic heterocycles. The topological polar surface area (TPSA) is 41.5 Å². The number of hydrogen-bond donors (Lipinski definition) is 1. The first-order chi connectivity index (χ1) is 12.0. The maximum Gasteiger partial charge on any atom is 0.264 e.